The van der Waals surface area contributed by atoms with E-state index in [1.807, 2.05) is 18.2 Å². The van der Waals surface area contributed by atoms with Gasteiger partial charge in [-0.2, -0.15) is 4.98 Å². The maximum absolute atomic E-state index is 12.6. The van der Waals surface area contributed by atoms with Crippen LogP contribution in [0.25, 0.3) is 0 Å². The first kappa shape index (κ1) is 15.1. The summed E-state index contributed by atoms with van der Waals surface area (Å²) in [5.74, 6) is 0.318. The highest BCUT2D eigenvalue weighted by atomic mass is 16.2. The minimum atomic E-state index is -0.169. The van der Waals surface area contributed by atoms with Crippen LogP contribution in [-0.2, 0) is 22.4 Å². The molecule has 0 unspecified atom stereocenters. The average molecular weight is 324 g/mol. The molecule has 1 aromatic carbocycles. The smallest absolute Gasteiger partial charge is 0.258 e. The number of nitrogens with one attached hydrogen (secondary N) is 1. The van der Waals surface area contributed by atoms with Crippen molar-refractivity contribution in [1.29, 1.82) is 0 Å². The lowest BCUT2D eigenvalue weighted by atomic mass is 9.81. The number of aromatic amines is 1. The molecule has 0 spiro atoms. The van der Waals surface area contributed by atoms with Gasteiger partial charge in [0, 0.05) is 6.42 Å². The zero-order valence-corrected chi connectivity index (χ0v) is 13.4. The molecule has 1 N–H and O–H groups in total. The number of anilines is 1. The highest BCUT2D eigenvalue weighted by molar-refractivity contribution is 6.21. The Kier molecular flexibility index (Phi) is 3.88. The molecule has 24 heavy (non-hydrogen) atoms. The first-order chi connectivity index (χ1) is 11.7. The maximum Gasteiger partial charge on any atom is 0.258 e. The van der Waals surface area contributed by atoms with Gasteiger partial charge in [-0.3, -0.25) is 14.7 Å². The molecule has 124 valence electrons. The number of amides is 2. The van der Waals surface area contributed by atoms with E-state index in [-0.39, 0.29) is 29.6 Å². The highest BCUT2D eigenvalue weighted by Crippen LogP contribution is 2.39. The van der Waals surface area contributed by atoms with Crippen molar-refractivity contribution in [2.75, 3.05) is 4.90 Å². The van der Waals surface area contributed by atoms with Crippen molar-refractivity contribution < 1.29 is 9.59 Å². The minimum absolute atomic E-state index is 0.127. The second-order valence-corrected chi connectivity index (χ2v) is 6.58. The van der Waals surface area contributed by atoms with Gasteiger partial charge in [-0.1, -0.05) is 43.2 Å². The molecular formula is C18H20N4O2. The van der Waals surface area contributed by atoms with E-state index in [1.54, 1.807) is 0 Å². The van der Waals surface area contributed by atoms with Crippen LogP contribution in [0.5, 0.6) is 0 Å². The van der Waals surface area contributed by atoms with Crippen LogP contribution in [0.3, 0.4) is 0 Å². The number of carbonyl (C=O) groups is 2. The standard InChI is InChI=1S/C18H20N4O2/c23-16-13-8-4-5-9-14(13)17(24)22(16)18-19-15(20-21-18)11-10-12-6-2-1-3-7-12/h1-3,6-7,13-14H,4-5,8-11H2,(H,19,20,21)/t13-,14+. The number of carbonyl (C=O) groups excluding carboxylic acids is 2. The van der Waals surface area contributed by atoms with Gasteiger partial charge in [0.2, 0.25) is 11.8 Å². The highest BCUT2D eigenvalue weighted by Gasteiger charge is 2.50. The number of rotatable bonds is 4. The minimum Gasteiger partial charge on any atom is -0.274 e. The zero-order chi connectivity index (χ0) is 16.5. The van der Waals surface area contributed by atoms with Crippen LogP contribution in [0.1, 0.15) is 37.1 Å². The van der Waals surface area contributed by atoms with Gasteiger partial charge < -0.3 is 0 Å². The summed E-state index contributed by atoms with van der Waals surface area (Å²) in [6.45, 7) is 0. The second-order valence-electron chi connectivity index (χ2n) is 6.58. The van der Waals surface area contributed by atoms with Crippen molar-refractivity contribution in [3.63, 3.8) is 0 Å². The molecule has 4 rings (SSSR count). The molecule has 1 aliphatic carbocycles. The monoisotopic (exact) mass is 324 g/mol. The molecule has 1 aromatic heterocycles. The van der Waals surface area contributed by atoms with Crippen LogP contribution in [0.15, 0.2) is 30.3 Å². The van der Waals surface area contributed by atoms with E-state index in [4.69, 9.17) is 0 Å². The molecule has 1 saturated carbocycles. The fourth-order valence-electron chi connectivity index (χ4n) is 3.76. The van der Waals surface area contributed by atoms with Crippen LogP contribution >= 0.6 is 0 Å². The van der Waals surface area contributed by atoms with Crippen LogP contribution in [0, 0.1) is 11.8 Å². The number of benzene rings is 1. The first-order valence-corrected chi connectivity index (χ1v) is 8.57. The van der Waals surface area contributed by atoms with E-state index in [9.17, 15) is 9.59 Å². The molecule has 0 bridgehead atoms. The summed E-state index contributed by atoms with van der Waals surface area (Å²) in [5.41, 5.74) is 1.22. The molecule has 2 heterocycles. The molecule has 2 aliphatic rings. The third kappa shape index (κ3) is 2.62. The van der Waals surface area contributed by atoms with Gasteiger partial charge in [0.25, 0.3) is 5.95 Å². The van der Waals surface area contributed by atoms with Crippen molar-refractivity contribution in [3.8, 4) is 0 Å². The van der Waals surface area contributed by atoms with Gasteiger partial charge in [0.1, 0.15) is 5.82 Å². The topological polar surface area (TPSA) is 79.0 Å². The summed E-state index contributed by atoms with van der Waals surface area (Å²) >= 11 is 0. The third-order valence-corrected chi connectivity index (χ3v) is 5.05. The lowest BCUT2D eigenvalue weighted by Gasteiger charge is -2.19. The number of aryl methyl sites for hydroxylation is 2. The van der Waals surface area contributed by atoms with Gasteiger partial charge in [-0.05, 0) is 24.8 Å². The molecule has 2 aromatic rings. The predicted molar refractivity (Wildman–Crippen MR) is 88.2 cm³/mol. The quantitative estimate of drug-likeness (QED) is 0.875. The first-order valence-electron chi connectivity index (χ1n) is 8.57. The number of fused-ring (bicyclic) bond motifs is 1. The Morgan fingerprint density at radius 2 is 1.67 bits per heavy atom. The Labute approximate surface area is 140 Å². The lowest BCUT2D eigenvalue weighted by molar-refractivity contribution is -0.122. The molecule has 2 atom stereocenters. The molecule has 2 fully saturated rings. The molecule has 0 radical (unpaired) electrons. The number of imide groups is 1. The number of aromatic nitrogens is 3. The van der Waals surface area contributed by atoms with Gasteiger partial charge >= 0.3 is 0 Å². The number of H-pyrrole nitrogens is 1. The average Bonchev–Trinajstić information content (AvgIpc) is 3.18. The van der Waals surface area contributed by atoms with Gasteiger partial charge in [-0.25, -0.2) is 4.90 Å². The summed E-state index contributed by atoms with van der Waals surface area (Å²) in [7, 11) is 0. The van der Waals surface area contributed by atoms with E-state index in [1.165, 1.54) is 10.5 Å². The fraction of sp³-hybridized carbons (Fsp3) is 0.444. The summed E-state index contributed by atoms with van der Waals surface area (Å²) in [6.07, 6.45) is 5.17. The SMILES string of the molecule is O=C1[C@H]2CCCC[C@H]2C(=O)N1c1n[nH]c(CCc2ccccc2)n1. The Balaban J connectivity index is 1.48. The van der Waals surface area contributed by atoms with Crippen molar-refractivity contribution in [3.05, 3.63) is 41.7 Å². The number of hydrogen-bond donors (Lipinski definition) is 1. The van der Waals surface area contributed by atoms with Crippen molar-refractivity contribution >= 4 is 17.8 Å². The van der Waals surface area contributed by atoms with Crippen molar-refractivity contribution in [2.45, 2.75) is 38.5 Å². The molecule has 6 heteroatoms. The van der Waals surface area contributed by atoms with Crippen LogP contribution in [0.2, 0.25) is 0 Å². The molecule has 6 nitrogen and oxygen atoms in total. The Bertz CT molecular complexity index is 731. The number of nitrogens with zero attached hydrogens (tertiary/aromatic N) is 3. The van der Waals surface area contributed by atoms with E-state index >= 15 is 0 Å². The predicted octanol–water partition coefficient (Wildman–Crippen LogP) is 2.27. The van der Waals surface area contributed by atoms with Crippen molar-refractivity contribution in [2.24, 2.45) is 11.8 Å². The van der Waals surface area contributed by atoms with E-state index in [0.29, 0.717) is 12.2 Å². The van der Waals surface area contributed by atoms with E-state index in [0.717, 1.165) is 32.1 Å². The summed E-state index contributed by atoms with van der Waals surface area (Å²) in [5, 5.41) is 6.99. The summed E-state index contributed by atoms with van der Waals surface area (Å²) in [4.78, 5) is 30.7. The third-order valence-electron chi connectivity index (χ3n) is 5.05. The number of hydrogen-bond acceptors (Lipinski definition) is 4. The second kappa shape index (κ2) is 6.19. The van der Waals surface area contributed by atoms with Crippen LogP contribution in [0.4, 0.5) is 5.95 Å². The van der Waals surface area contributed by atoms with Gasteiger partial charge in [-0.15, -0.1) is 5.10 Å². The van der Waals surface area contributed by atoms with Crippen molar-refractivity contribution in [1.82, 2.24) is 15.2 Å². The summed E-state index contributed by atoms with van der Waals surface area (Å²) in [6, 6.07) is 10.1. The van der Waals surface area contributed by atoms with Crippen LogP contribution in [-0.4, -0.2) is 27.0 Å². The van der Waals surface area contributed by atoms with E-state index in [2.05, 4.69) is 27.3 Å². The maximum atomic E-state index is 12.6. The fourth-order valence-corrected chi connectivity index (χ4v) is 3.76. The Morgan fingerprint density at radius 1 is 1.00 bits per heavy atom. The van der Waals surface area contributed by atoms with Crippen LogP contribution < -0.4 is 4.90 Å². The van der Waals surface area contributed by atoms with Gasteiger partial charge in [0.15, 0.2) is 0 Å². The molecule has 1 aliphatic heterocycles. The Hall–Kier alpha value is -2.50. The Morgan fingerprint density at radius 3 is 2.33 bits per heavy atom. The molecule has 1 saturated heterocycles. The largest absolute Gasteiger partial charge is 0.274 e. The van der Waals surface area contributed by atoms with E-state index < -0.39 is 0 Å². The lowest BCUT2D eigenvalue weighted by Crippen LogP contribution is -2.31. The zero-order valence-electron chi connectivity index (χ0n) is 13.4. The van der Waals surface area contributed by atoms with Gasteiger partial charge in [0.05, 0.1) is 11.8 Å². The summed E-state index contributed by atoms with van der Waals surface area (Å²) < 4.78 is 0. The molecule has 2 amide bonds. The normalized spacial score (nSPS) is 23.6. The molecular weight excluding hydrogens is 304 g/mol.